The van der Waals surface area contributed by atoms with Crippen LogP contribution < -0.4 is 0 Å². The van der Waals surface area contributed by atoms with Crippen LogP contribution in [0.3, 0.4) is 0 Å². The van der Waals surface area contributed by atoms with E-state index in [1.807, 2.05) is 27.7 Å². The van der Waals surface area contributed by atoms with Crippen LogP contribution in [0.2, 0.25) is 0 Å². The number of fused-ring (bicyclic) bond motifs is 8. The van der Waals surface area contributed by atoms with Gasteiger partial charge in [0, 0.05) is 7.11 Å². The number of cyclic esters (lactones) is 2. The number of aliphatic hydroxyl groups is 1. The van der Waals surface area contributed by atoms with E-state index in [9.17, 15) is 29.1 Å². The number of carbonyl (C=O) groups is 5. The summed E-state index contributed by atoms with van der Waals surface area (Å²) in [5.74, 6) is -1.18. The zero-order valence-electron chi connectivity index (χ0n) is 34.8. The van der Waals surface area contributed by atoms with Crippen molar-refractivity contribution in [3.05, 3.63) is 0 Å². The summed E-state index contributed by atoms with van der Waals surface area (Å²) >= 11 is 0. The Labute approximate surface area is 337 Å². The second kappa shape index (κ2) is 14.9. The van der Waals surface area contributed by atoms with Gasteiger partial charge < -0.3 is 28.8 Å². The topological polar surface area (TPSA) is 152 Å². The van der Waals surface area contributed by atoms with Crippen molar-refractivity contribution >= 4 is 29.8 Å². The zero-order valence-corrected chi connectivity index (χ0v) is 34.8. The molecule has 1 aliphatic heterocycles. The van der Waals surface area contributed by atoms with Crippen molar-refractivity contribution in [2.75, 3.05) is 20.5 Å². The van der Waals surface area contributed by atoms with Crippen molar-refractivity contribution in [1.29, 1.82) is 0 Å². The second-order valence-corrected chi connectivity index (χ2v) is 21.6. The molecule has 1 N–H and O–H groups in total. The number of ether oxygens (including phenoxy) is 5. The van der Waals surface area contributed by atoms with Crippen LogP contribution in [0.25, 0.3) is 0 Å². The van der Waals surface area contributed by atoms with Gasteiger partial charge in [0.1, 0.15) is 5.60 Å². The molecule has 11 heteroatoms. The number of aliphatic hydroxyl groups excluding tert-OH is 1. The number of methoxy groups -OCH3 is 1. The molecular weight excluding hydrogens is 728 g/mol. The molecule has 0 radical (unpaired) electrons. The minimum atomic E-state index is -0.840. The molecule has 0 amide bonds. The quantitative estimate of drug-likeness (QED) is 0.104. The fourth-order valence-corrected chi connectivity index (χ4v) is 16.4. The molecule has 0 spiro atoms. The standard InChI is InChI=1S/C46H66O11/c1-20-26-14-28(32(47)17-33(48)57-46(3,4)5)29(15-26)34(20)38-30-16-31(39(38)37-25-10-9-24(13-25)36(37)35-21(2)42(49)56-45(35)52)40(41(30)44(51)55-19-53-6)43(50)54-18-27-12-22-7-8-23(27)11-22/h20-32,34-41,47H,7-19H2,1-6H3. The van der Waals surface area contributed by atoms with E-state index in [2.05, 4.69) is 6.92 Å². The first-order chi connectivity index (χ1) is 27.1. The first-order valence-corrected chi connectivity index (χ1v) is 22.6. The summed E-state index contributed by atoms with van der Waals surface area (Å²) in [4.78, 5) is 68.5. The molecule has 0 aromatic carbocycles. The van der Waals surface area contributed by atoms with Crippen LogP contribution in [-0.2, 0) is 47.7 Å². The largest absolute Gasteiger partial charge is 0.465 e. The molecule has 9 aliphatic rings. The number of esters is 5. The minimum absolute atomic E-state index is 0.0309. The van der Waals surface area contributed by atoms with Crippen LogP contribution in [0.4, 0.5) is 0 Å². The maximum atomic E-state index is 14.7. The molecular formula is C46H66O11. The third-order valence-electron chi connectivity index (χ3n) is 18.0. The minimum Gasteiger partial charge on any atom is -0.465 e. The summed E-state index contributed by atoms with van der Waals surface area (Å²) in [7, 11) is 1.49. The van der Waals surface area contributed by atoms with E-state index in [4.69, 9.17) is 23.7 Å². The summed E-state index contributed by atoms with van der Waals surface area (Å²) in [5, 5.41) is 11.8. The van der Waals surface area contributed by atoms with Crippen molar-refractivity contribution in [2.24, 2.45) is 118 Å². The lowest BCUT2D eigenvalue weighted by Gasteiger charge is -2.52. The van der Waals surface area contributed by atoms with Crippen LogP contribution in [0, 0.1) is 118 Å². The van der Waals surface area contributed by atoms with E-state index in [0.29, 0.717) is 48.5 Å². The summed E-state index contributed by atoms with van der Waals surface area (Å²) in [6.45, 7) is 9.88. The summed E-state index contributed by atoms with van der Waals surface area (Å²) < 4.78 is 28.3. The highest BCUT2D eigenvalue weighted by Gasteiger charge is 2.72. The molecule has 1 heterocycles. The van der Waals surface area contributed by atoms with E-state index >= 15 is 0 Å². The molecule has 9 rings (SSSR count). The third-order valence-corrected chi connectivity index (χ3v) is 18.0. The van der Waals surface area contributed by atoms with Gasteiger partial charge in [-0.25, -0.2) is 0 Å². The van der Waals surface area contributed by atoms with Crippen molar-refractivity contribution in [1.82, 2.24) is 0 Å². The lowest BCUT2D eigenvalue weighted by molar-refractivity contribution is -0.177. The molecule has 9 fully saturated rings. The SMILES string of the molecule is COCOC(=O)C1C2CC(C1C(=O)OCC1CC3CCC1C3)C(C1C3CCC(C3)C1C1C(=O)OC(=O)C1C)C2C1C(C)C2CC(C(O)CC(=O)OC(C)(C)C)C1C2. The Balaban J connectivity index is 1.08. The monoisotopic (exact) mass is 794 g/mol. The molecule has 8 aliphatic carbocycles. The molecule has 57 heavy (non-hydrogen) atoms. The number of hydrogen-bond acceptors (Lipinski definition) is 11. The Kier molecular flexibility index (Phi) is 10.4. The van der Waals surface area contributed by atoms with Gasteiger partial charge in [-0.1, -0.05) is 20.3 Å². The van der Waals surface area contributed by atoms with Gasteiger partial charge in [0.05, 0.1) is 42.8 Å². The normalized spacial score (nSPS) is 48.2. The fraction of sp³-hybridized carbons (Fsp3) is 0.891. The van der Waals surface area contributed by atoms with Gasteiger partial charge in [0.2, 0.25) is 0 Å². The lowest BCUT2D eigenvalue weighted by atomic mass is 9.52. The summed E-state index contributed by atoms with van der Waals surface area (Å²) in [5.41, 5.74) is -0.648. The van der Waals surface area contributed by atoms with Crippen LogP contribution >= 0.6 is 0 Å². The first kappa shape index (κ1) is 39.9. The van der Waals surface area contributed by atoms with E-state index in [0.717, 1.165) is 44.4 Å². The predicted molar refractivity (Wildman–Crippen MR) is 204 cm³/mol. The molecule has 1 saturated heterocycles. The number of hydrogen-bond donors (Lipinski definition) is 1. The van der Waals surface area contributed by atoms with Crippen molar-refractivity contribution in [2.45, 2.75) is 117 Å². The van der Waals surface area contributed by atoms with Crippen molar-refractivity contribution in [3.8, 4) is 0 Å². The third kappa shape index (κ3) is 6.69. The second-order valence-electron chi connectivity index (χ2n) is 21.6. The van der Waals surface area contributed by atoms with E-state index < -0.39 is 59.3 Å². The molecule has 21 unspecified atom stereocenters. The van der Waals surface area contributed by atoms with E-state index in [1.54, 1.807) is 0 Å². The van der Waals surface area contributed by atoms with Gasteiger partial charge in [0.25, 0.3) is 0 Å². The fourth-order valence-electron chi connectivity index (χ4n) is 16.4. The average Bonchev–Trinajstić information content (AvgIpc) is 4.02. The Morgan fingerprint density at radius 2 is 1.40 bits per heavy atom. The first-order valence-electron chi connectivity index (χ1n) is 22.6. The van der Waals surface area contributed by atoms with E-state index in [-0.39, 0.29) is 72.4 Å². The predicted octanol–water partition coefficient (Wildman–Crippen LogP) is 6.23. The van der Waals surface area contributed by atoms with Gasteiger partial charge in [-0.2, -0.15) is 0 Å². The zero-order chi connectivity index (χ0) is 40.2. The van der Waals surface area contributed by atoms with Gasteiger partial charge in [-0.3, -0.25) is 24.0 Å². The van der Waals surface area contributed by atoms with Gasteiger partial charge in [0.15, 0.2) is 6.79 Å². The summed E-state index contributed by atoms with van der Waals surface area (Å²) in [6.07, 6.45) is 9.47. The van der Waals surface area contributed by atoms with E-state index in [1.165, 1.54) is 26.4 Å². The maximum Gasteiger partial charge on any atom is 0.317 e. The Bertz CT molecular complexity index is 1620. The van der Waals surface area contributed by atoms with Crippen LogP contribution in [0.5, 0.6) is 0 Å². The average molecular weight is 795 g/mol. The molecule has 11 nitrogen and oxygen atoms in total. The number of rotatable bonds is 12. The Morgan fingerprint density at radius 1 is 0.737 bits per heavy atom. The molecule has 0 aromatic heterocycles. The van der Waals surface area contributed by atoms with Gasteiger partial charge in [-0.05, 0) is 173 Å². The summed E-state index contributed by atoms with van der Waals surface area (Å²) in [6, 6.07) is 0. The number of carbonyl (C=O) groups excluding carboxylic acids is 5. The molecule has 8 saturated carbocycles. The van der Waals surface area contributed by atoms with Crippen LogP contribution in [0.15, 0.2) is 0 Å². The van der Waals surface area contributed by atoms with Gasteiger partial charge >= 0.3 is 29.8 Å². The Morgan fingerprint density at radius 3 is 2.00 bits per heavy atom. The lowest BCUT2D eigenvalue weighted by Crippen LogP contribution is -2.53. The molecule has 21 atom stereocenters. The maximum absolute atomic E-state index is 14.7. The van der Waals surface area contributed by atoms with Crippen LogP contribution in [0.1, 0.15) is 105 Å². The van der Waals surface area contributed by atoms with Crippen LogP contribution in [-0.4, -0.2) is 67.2 Å². The van der Waals surface area contributed by atoms with Crippen molar-refractivity contribution in [3.63, 3.8) is 0 Å². The molecule has 0 aromatic rings. The smallest absolute Gasteiger partial charge is 0.317 e. The molecule has 8 bridgehead atoms. The van der Waals surface area contributed by atoms with Crippen molar-refractivity contribution < 1.29 is 52.8 Å². The highest BCUT2D eigenvalue weighted by molar-refractivity contribution is 5.96. The molecule has 316 valence electrons. The Hall–Kier alpha value is -2.53. The highest BCUT2D eigenvalue weighted by atomic mass is 16.7. The van der Waals surface area contributed by atoms with Gasteiger partial charge in [-0.15, -0.1) is 0 Å². The highest BCUT2D eigenvalue weighted by Crippen LogP contribution is 2.73.